The number of nitrogen functional groups attached to an aromatic ring is 1. The number of hydrogen-bond donors (Lipinski definition) is 3. The van der Waals surface area contributed by atoms with Gasteiger partial charge in [-0.25, -0.2) is 4.79 Å². The lowest BCUT2D eigenvalue weighted by Gasteiger charge is -2.31. The Hall–Kier alpha value is -2.87. The largest absolute Gasteiger partial charge is 0.383 e. The van der Waals surface area contributed by atoms with E-state index < -0.39 is 11.2 Å². The van der Waals surface area contributed by atoms with Crippen molar-refractivity contribution in [2.45, 2.75) is 59.0 Å². The molecule has 32 heavy (non-hydrogen) atoms. The van der Waals surface area contributed by atoms with E-state index in [1.165, 1.54) is 15.9 Å². The maximum Gasteiger partial charge on any atom is 0.330 e. The molecule has 4 N–H and O–H groups in total. The number of nitrogens with two attached hydrogens (primary N) is 1. The van der Waals surface area contributed by atoms with Gasteiger partial charge in [0.15, 0.2) is 5.69 Å². The summed E-state index contributed by atoms with van der Waals surface area (Å²) in [4.78, 5) is 42.3. The second-order valence-corrected chi connectivity index (χ2v) is 9.21. The minimum atomic E-state index is -0.642. The molecule has 1 aliphatic carbocycles. The van der Waals surface area contributed by atoms with Gasteiger partial charge in [0, 0.05) is 12.6 Å². The van der Waals surface area contributed by atoms with Crippen LogP contribution in [0.3, 0.4) is 0 Å². The number of carbonyl (C=O) groups excluding carboxylic acids is 1. The SMILES string of the molecule is CC(C)CN(C(=O)CNC1CCCCC1C)c1c(N)n(Cc2ccccc2)c(=O)[nH]c1=O. The number of nitrogens with one attached hydrogen (secondary N) is 2. The van der Waals surface area contributed by atoms with Crippen molar-refractivity contribution in [3.63, 3.8) is 0 Å². The summed E-state index contributed by atoms with van der Waals surface area (Å²) >= 11 is 0. The normalized spacial score (nSPS) is 18.6. The van der Waals surface area contributed by atoms with Crippen LogP contribution < -0.4 is 27.2 Å². The summed E-state index contributed by atoms with van der Waals surface area (Å²) in [5.74, 6) is 0.401. The van der Waals surface area contributed by atoms with Gasteiger partial charge in [-0.1, -0.05) is 63.9 Å². The van der Waals surface area contributed by atoms with Crippen molar-refractivity contribution in [2.75, 3.05) is 23.7 Å². The topological polar surface area (TPSA) is 113 Å². The van der Waals surface area contributed by atoms with Gasteiger partial charge in [-0.2, -0.15) is 0 Å². The number of anilines is 2. The summed E-state index contributed by atoms with van der Waals surface area (Å²) in [6, 6.07) is 9.67. The van der Waals surface area contributed by atoms with Gasteiger partial charge in [0.1, 0.15) is 5.82 Å². The van der Waals surface area contributed by atoms with Crippen LogP contribution in [0, 0.1) is 11.8 Å². The van der Waals surface area contributed by atoms with Crippen LogP contribution in [0.4, 0.5) is 11.5 Å². The zero-order valence-corrected chi connectivity index (χ0v) is 19.3. The highest BCUT2D eigenvalue weighted by Crippen LogP contribution is 2.24. The van der Waals surface area contributed by atoms with E-state index in [2.05, 4.69) is 17.2 Å². The van der Waals surface area contributed by atoms with Crippen molar-refractivity contribution in [1.82, 2.24) is 14.9 Å². The van der Waals surface area contributed by atoms with E-state index in [1.54, 1.807) is 0 Å². The molecule has 0 bridgehead atoms. The number of rotatable bonds is 8. The average Bonchev–Trinajstić information content (AvgIpc) is 2.75. The third kappa shape index (κ3) is 5.68. The molecule has 1 saturated carbocycles. The first-order valence-electron chi connectivity index (χ1n) is 11.5. The van der Waals surface area contributed by atoms with Crippen molar-refractivity contribution < 1.29 is 4.79 Å². The summed E-state index contributed by atoms with van der Waals surface area (Å²) < 4.78 is 1.31. The van der Waals surface area contributed by atoms with Crippen molar-refractivity contribution in [3.8, 4) is 0 Å². The molecular weight excluding hydrogens is 406 g/mol. The standard InChI is InChI=1S/C24H35N5O3/c1-16(2)14-28(20(30)13-26-19-12-8-7-9-17(19)3)21-22(25)29(24(32)27-23(21)31)15-18-10-5-4-6-11-18/h4-6,10-11,16-17,19,26H,7-9,12-15,25H2,1-3H3,(H,27,31,32). The van der Waals surface area contributed by atoms with Gasteiger partial charge in [0.2, 0.25) is 5.91 Å². The average molecular weight is 442 g/mol. The first kappa shape index (κ1) is 23.8. The fourth-order valence-corrected chi connectivity index (χ4v) is 4.38. The molecule has 8 nitrogen and oxygen atoms in total. The van der Waals surface area contributed by atoms with Crippen molar-refractivity contribution >= 4 is 17.4 Å². The number of hydrogen-bond acceptors (Lipinski definition) is 5. The Labute approximate surface area is 188 Å². The number of aromatic nitrogens is 2. The maximum absolute atomic E-state index is 13.3. The minimum Gasteiger partial charge on any atom is -0.383 e. The minimum absolute atomic E-state index is 0.00244. The van der Waals surface area contributed by atoms with E-state index in [0.29, 0.717) is 12.5 Å². The van der Waals surface area contributed by atoms with Gasteiger partial charge in [0.25, 0.3) is 5.56 Å². The highest BCUT2D eigenvalue weighted by atomic mass is 16.2. The summed E-state index contributed by atoms with van der Waals surface area (Å²) in [6.07, 6.45) is 4.58. The lowest BCUT2D eigenvalue weighted by molar-refractivity contribution is -0.118. The predicted octanol–water partition coefficient (Wildman–Crippen LogP) is 2.32. The molecule has 0 spiro atoms. The maximum atomic E-state index is 13.3. The van der Waals surface area contributed by atoms with E-state index in [-0.39, 0.29) is 42.5 Å². The zero-order valence-electron chi connectivity index (χ0n) is 19.3. The van der Waals surface area contributed by atoms with Crippen LogP contribution in [0.25, 0.3) is 0 Å². The number of nitrogens with zero attached hydrogens (tertiary/aromatic N) is 2. The molecule has 2 atom stereocenters. The van der Waals surface area contributed by atoms with Gasteiger partial charge < -0.3 is 16.0 Å². The van der Waals surface area contributed by atoms with Crippen LogP contribution in [-0.4, -0.2) is 34.6 Å². The summed E-state index contributed by atoms with van der Waals surface area (Å²) in [6.45, 7) is 6.81. The molecule has 1 aliphatic rings. The predicted molar refractivity (Wildman–Crippen MR) is 128 cm³/mol. The van der Waals surface area contributed by atoms with Gasteiger partial charge in [0.05, 0.1) is 13.1 Å². The Morgan fingerprint density at radius 1 is 1.22 bits per heavy atom. The second-order valence-electron chi connectivity index (χ2n) is 9.21. The molecule has 2 unspecified atom stereocenters. The molecule has 1 aromatic heterocycles. The van der Waals surface area contributed by atoms with Gasteiger partial charge >= 0.3 is 5.69 Å². The molecule has 1 amide bonds. The molecule has 0 aliphatic heterocycles. The number of aromatic amines is 1. The van der Waals surface area contributed by atoms with E-state index in [0.717, 1.165) is 24.8 Å². The first-order chi connectivity index (χ1) is 15.3. The van der Waals surface area contributed by atoms with E-state index in [9.17, 15) is 14.4 Å². The Morgan fingerprint density at radius 3 is 2.56 bits per heavy atom. The summed E-state index contributed by atoms with van der Waals surface area (Å²) in [5, 5.41) is 3.39. The van der Waals surface area contributed by atoms with Crippen molar-refractivity contribution in [2.24, 2.45) is 11.8 Å². The number of amides is 1. The third-order valence-corrected chi connectivity index (χ3v) is 6.14. The number of H-pyrrole nitrogens is 1. The van der Waals surface area contributed by atoms with Gasteiger partial charge in [-0.05, 0) is 30.2 Å². The highest BCUT2D eigenvalue weighted by molar-refractivity contribution is 5.96. The summed E-state index contributed by atoms with van der Waals surface area (Å²) in [5.41, 5.74) is 6.01. The van der Waals surface area contributed by atoms with Crippen LogP contribution in [0.2, 0.25) is 0 Å². The van der Waals surface area contributed by atoms with Crippen LogP contribution in [0.5, 0.6) is 0 Å². The molecule has 1 heterocycles. The molecule has 174 valence electrons. The lowest BCUT2D eigenvalue weighted by Crippen LogP contribution is -2.48. The molecule has 1 fully saturated rings. The van der Waals surface area contributed by atoms with Gasteiger partial charge in [-0.3, -0.25) is 19.1 Å². The number of carbonyl (C=O) groups is 1. The third-order valence-electron chi connectivity index (χ3n) is 6.14. The molecular formula is C24H35N5O3. The molecule has 0 radical (unpaired) electrons. The fourth-order valence-electron chi connectivity index (χ4n) is 4.38. The summed E-state index contributed by atoms with van der Waals surface area (Å²) in [7, 11) is 0. The molecule has 1 aromatic carbocycles. The smallest absolute Gasteiger partial charge is 0.330 e. The van der Waals surface area contributed by atoms with Gasteiger partial charge in [-0.15, -0.1) is 0 Å². The molecule has 3 rings (SSSR count). The van der Waals surface area contributed by atoms with Crippen molar-refractivity contribution in [3.05, 3.63) is 56.7 Å². The first-order valence-corrected chi connectivity index (χ1v) is 11.5. The molecule has 0 saturated heterocycles. The Balaban J connectivity index is 1.90. The Kier molecular flexibility index (Phi) is 7.90. The number of benzene rings is 1. The van der Waals surface area contributed by atoms with Crippen LogP contribution >= 0.6 is 0 Å². The molecule has 2 aromatic rings. The highest BCUT2D eigenvalue weighted by Gasteiger charge is 2.27. The zero-order chi connectivity index (χ0) is 23.3. The van der Waals surface area contributed by atoms with Crippen LogP contribution in [-0.2, 0) is 11.3 Å². The van der Waals surface area contributed by atoms with Crippen molar-refractivity contribution in [1.29, 1.82) is 0 Å². The lowest BCUT2D eigenvalue weighted by atomic mass is 9.86. The van der Waals surface area contributed by atoms with E-state index in [4.69, 9.17) is 5.73 Å². The Bertz CT molecular complexity index is 1030. The van der Waals surface area contributed by atoms with E-state index in [1.807, 2.05) is 44.2 Å². The van der Waals surface area contributed by atoms with E-state index >= 15 is 0 Å². The fraction of sp³-hybridized carbons (Fsp3) is 0.542. The molecule has 8 heteroatoms. The van der Waals surface area contributed by atoms with Crippen LogP contribution in [0.15, 0.2) is 39.9 Å². The quantitative estimate of drug-likeness (QED) is 0.582. The second kappa shape index (κ2) is 10.6. The monoisotopic (exact) mass is 441 g/mol. The van der Waals surface area contributed by atoms with Crippen LogP contribution in [0.1, 0.15) is 52.0 Å². The Morgan fingerprint density at radius 2 is 1.91 bits per heavy atom.